The third-order valence-electron chi connectivity index (χ3n) is 2.64. The Hall–Kier alpha value is -1.47. The van der Waals surface area contributed by atoms with Crippen LogP contribution < -0.4 is 0 Å². The van der Waals surface area contributed by atoms with Crippen molar-refractivity contribution in [2.24, 2.45) is 5.41 Å². The summed E-state index contributed by atoms with van der Waals surface area (Å²) in [5.74, 6) is -2.51. The van der Waals surface area contributed by atoms with E-state index in [0.29, 0.717) is 0 Å². The maximum Gasteiger partial charge on any atom is 0.130 e. The van der Waals surface area contributed by atoms with Gasteiger partial charge in [0.15, 0.2) is 0 Å². The van der Waals surface area contributed by atoms with Crippen LogP contribution in [0.5, 0.6) is 0 Å². The van der Waals surface area contributed by atoms with E-state index < -0.39 is 29.1 Å². The second-order valence-electron chi connectivity index (χ2n) is 5.08. The number of halogens is 2. The minimum atomic E-state index is -1.02. The number of hydrogen-bond donors (Lipinski definition) is 1. The lowest BCUT2D eigenvalue weighted by molar-refractivity contribution is 0.0518. The van der Waals surface area contributed by atoms with Crippen molar-refractivity contribution < 1.29 is 13.9 Å². The first-order valence-electron chi connectivity index (χ1n) is 5.30. The number of aliphatic hydroxyl groups excluding tert-OH is 1. The predicted molar refractivity (Wildman–Crippen MR) is 60.2 cm³/mol. The van der Waals surface area contributed by atoms with E-state index >= 15 is 0 Å². The predicted octanol–water partition coefficient (Wildman–Crippen LogP) is 2.98. The smallest absolute Gasteiger partial charge is 0.130 e. The average molecular weight is 239 g/mol. The largest absolute Gasteiger partial charge is 0.391 e. The van der Waals surface area contributed by atoms with Crippen LogP contribution in [0, 0.1) is 28.4 Å². The number of rotatable bonds is 2. The third kappa shape index (κ3) is 3.01. The molecule has 17 heavy (non-hydrogen) atoms. The highest BCUT2D eigenvalue weighted by Gasteiger charge is 2.33. The van der Waals surface area contributed by atoms with Crippen LogP contribution in [-0.4, -0.2) is 11.2 Å². The van der Waals surface area contributed by atoms with Crippen LogP contribution in [0.15, 0.2) is 18.2 Å². The van der Waals surface area contributed by atoms with Gasteiger partial charge in [-0.2, -0.15) is 5.26 Å². The van der Waals surface area contributed by atoms with Gasteiger partial charge in [-0.15, -0.1) is 0 Å². The fourth-order valence-corrected chi connectivity index (χ4v) is 1.56. The van der Waals surface area contributed by atoms with Gasteiger partial charge in [0.2, 0.25) is 0 Å². The molecule has 0 bridgehead atoms. The molecular formula is C13H15F2NO. The zero-order chi connectivity index (χ0) is 13.2. The molecule has 0 aliphatic heterocycles. The Labute approximate surface area is 99.5 Å². The Morgan fingerprint density at radius 3 is 2.29 bits per heavy atom. The summed E-state index contributed by atoms with van der Waals surface area (Å²) in [7, 11) is 0. The standard InChI is InChI=1S/C13H15F2NO/c1-13(2,3)12(17)10(7-16)9-5-4-8(14)6-11(9)15/h4-6,10,12,17H,1-3H3. The Morgan fingerprint density at radius 1 is 1.29 bits per heavy atom. The van der Waals surface area contributed by atoms with Crippen molar-refractivity contribution in [2.45, 2.75) is 32.8 Å². The zero-order valence-corrected chi connectivity index (χ0v) is 10.0. The Morgan fingerprint density at radius 2 is 1.88 bits per heavy atom. The molecule has 0 aliphatic rings. The zero-order valence-electron chi connectivity index (χ0n) is 10.0. The van der Waals surface area contributed by atoms with Crippen molar-refractivity contribution in [2.75, 3.05) is 0 Å². The number of benzene rings is 1. The molecule has 0 aliphatic carbocycles. The van der Waals surface area contributed by atoms with Gasteiger partial charge in [0.1, 0.15) is 17.6 Å². The maximum absolute atomic E-state index is 13.5. The van der Waals surface area contributed by atoms with Crippen LogP contribution in [0.1, 0.15) is 32.3 Å². The highest BCUT2D eigenvalue weighted by atomic mass is 19.1. The quantitative estimate of drug-likeness (QED) is 0.862. The average Bonchev–Trinajstić information content (AvgIpc) is 2.20. The summed E-state index contributed by atoms with van der Waals surface area (Å²) in [4.78, 5) is 0. The second kappa shape index (κ2) is 4.80. The Bertz CT molecular complexity index is 446. The van der Waals surface area contributed by atoms with E-state index in [1.165, 1.54) is 6.07 Å². The molecule has 4 heteroatoms. The molecule has 0 heterocycles. The van der Waals surface area contributed by atoms with Crippen molar-refractivity contribution in [3.05, 3.63) is 35.4 Å². The molecule has 0 fully saturated rings. The summed E-state index contributed by atoms with van der Waals surface area (Å²) in [5, 5.41) is 19.0. The first-order valence-corrected chi connectivity index (χ1v) is 5.30. The number of aliphatic hydroxyl groups is 1. The molecule has 1 aromatic rings. The highest BCUT2D eigenvalue weighted by Crippen LogP contribution is 2.32. The fraction of sp³-hybridized carbons (Fsp3) is 0.462. The van der Waals surface area contributed by atoms with Gasteiger partial charge in [0.05, 0.1) is 12.2 Å². The first-order chi connectivity index (χ1) is 7.77. The summed E-state index contributed by atoms with van der Waals surface area (Å²) in [6.07, 6.45) is -1.02. The molecule has 92 valence electrons. The van der Waals surface area contributed by atoms with Crippen molar-refractivity contribution >= 4 is 0 Å². The molecular weight excluding hydrogens is 224 g/mol. The lowest BCUT2D eigenvalue weighted by atomic mass is 9.79. The van der Waals surface area contributed by atoms with Crippen LogP contribution in [0.2, 0.25) is 0 Å². The molecule has 2 atom stereocenters. The normalized spacial score (nSPS) is 15.1. The van der Waals surface area contributed by atoms with E-state index in [0.717, 1.165) is 12.1 Å². The van der Waals surface area contributed by atoms with Gasteiger partial charge in [-0.25, -0.2) is 8.78 Å². The second-order valence-corrected chi connectivity index (χ2v) is 5.08. The molecule has 0 aromatic heterocycles. The van der Waals surface area contributed by atoms with E-state index in [1.807, 2.05) is 6.07 Å². The van der Waals surface area contributed by atoms with Gasteiger partial charge < -0.3 is 5.11 Å². The van der Waals surface area contributed by atoms with Gasteiger partial charge in [-0.1, -0.05) is 26.8 Å². The van der Waals surface area contributed by atoms with Crippen LogP contribution >= 0.6 is 0 Å². The molecule has 1 aromatic carbocycles. The summed E-state index contributed by atoms with van der Waals surface area (Å²) >= 11 is 0. The van der Waals surface area contributed by atoms with Crippen molar-refractivity contribution in [3.8, 4) is 6.07 Å². The minimum Gasteiger partial charge on any atom is -0.391 e. The Balaban J connectivity index is 3.16. The van der Waals surface area contributed by atoms with Gasteiger partial charge >= 0.3 is 0 Å². The van der Waals surface area contributed by atoms with E-state index in [-0.39, 0.29) is 5.56 Å². The van der Waals surface area contributed by atoms with Crippen LogP contribution in [-0.2, 0) is 0 Å². The van der Waals surface area contributed by atoms with Crippen LogP contribution in [0.3, 0.4) is 0 Å². The third-order valence-corrected chi connectivity index (χ3v) is 2.64. The molecule has 0 spiro atoms. The SMILES string of the molecule is CC(C)(C)C(O)C(C#N)c1ccc(F)cc1F. The number of nitrogens with zero attached hydrogens (tertiary/aromatic N) is 1. The van der Waals surface area contributed by atoms with E-state index in [1.54, 1.807) is 20.8 Å². The first kappa shape index (κ1) is 13.6. The van der Waals surface area contributed by atoms with E-state index in [4.69, 9.17) is 5.26 Å². The minimum absolute atomic E-state index is 0.0244. The van der Waals surface area contributed by atoms with Crippen molar-refractivity contribution in [3.63, 3.8) is 0 Å². The number of nitriles is 1. The molecule has 0 saturated carbocycles. The summed E-state index contributed by atoms with van der Waals surface area (Å²) in [6, 6.07) is 4.87. The molecule has 0 saturated heterocycles. The van der Waals surface area contributed by atoms with Crippen LogP contribution in [0.25, 0.3) is 0 Å². The van der Waals surface area contributed by atoms with E-state index in [2.05, 4.69) is 0 Å². The van der Waals surface area contributed by atoms with Gasteiger partial charge in [0, 0.05) is 11.6 Å². The topological polar surface area (TPSA) is 44.0 Å². The summed E-state index contributed by atoms with van der Waals surface area (Å²) in [6.45, 7) is 5.26. The molecule has 1 rings (SSSR count). The molecule has 1 N–H and O–H groups in total. The molecule has 2 unspecified atom stereocenters. The summed E-state index contributed by atoms with van der Waals surface area (Å²) in [5.41, 5.74) is -0.530. The maximum atomic E-state index is 13.5. The Kier molecular flexibility index (Phi) is 3.84. The monoisotopic (exact) mass is 239 g/mol. The van der Waals surface area contributed by atoms with Crippen molar-refractivity contribution in [1.29, 1.82) is 5.26 Å². The van der Waals surface area contributed by atoms with Gasteiger partial charge in [0.25, 0.3) is 0 Å². The van der Waals surface area contributed by atoms with Crippen molar-refractivity contribution in [1.82, 2.24) is 0 Å². The van der Waals surface area contributed by atoms with E-state index in [9.17, 15) is 13.9 Å². The highest BCUT2D eigenvalue weighted by molar-refractivity contribution is 5.29. The van der Waals surface area contributed by atoms with Crippen LogP contribution in [0.4, 0.5) is 8.78 Å². The number of hydrogen-bond acceptors (Lipinski definition) is 2. The summed E-state index contributed by atoms with van der Waals surface area (Å²) < 4.78 is 26.3. The van der Waals surface area contributed by atoms with Gasteiger partial charge in [-0.05, 0) is 11.5 Å². The van der Waals surface area contributed by atoms with Gasteiger partial charge in [-0.3, -0.25) is 0 Å². The lowest BCUT2D eigenvalue weighted by Gasteiger charge is -2.29. The molecule has 0 amide bonds. The fourth-order valence-electron chi connectivity index (χ4n) is 1.56. The molecule has 0 radical (unpaired) electrons. The molecule has 2 nitrogen and oxygen atoms in total. The lowest BCUT2D eigenvalue weighted by Crippen LogP contribution is -2.32.